The van der Waals surface area contributed by atoms with Crippen molar-refractivity contribution in [3.8, 4) is 0 Å². The van der Waals surface area contributed by atoms with Crippen molar-refractivity contribution in [2.24, 2.45) is 0 Å². The minimum absolute atomic E-state index is 0.0185. The fourth-order valence-electron chi connectivity index (χ4n) is 2.59. The molecule has 4 rings (SSSR count). The van der Waals surface area contributed by atoms with E-state index in [2.05, 4.69) is 25.3 Å². The zero-order chi connectivity index (χ0) is 21.3. The molecule has 9 nitrogen and oxygen atoms in total. The number of aromatic amines is 1. The molecule has 30 heavy (non-hydrogen) atoms. The Kier molecular flexibility index (Phi) is 4.83. The number of hydrogen-bond acceptors (Lipinski definition) is 6. The summed E-state index contributed by atoms with van der Waals surface area (Å²) in [7, 11) is -4.22. The first-order chi connectivity index (χ1) is 14.3. The lowest BCUT2D eigenvalue weighted by Crippen LogP contribution is -2.18. The van der Waals surface area contributed by atoms with E-state index in [1.807, 2.05) is 4.72 Å². The van der Waals surface area contributed by atoms with Gasteiger partial charge in [0.15, 0.2) is 16.5 Å². The number of sulfonamides is 1. The lowest BCUT2D eigenvalue weighted by molar-refractivity contribution is 0.102. The number of H-pyrrole nitrogens is 1. The van der Waals surface area contributed by atoms with Crippen LogP contribution in [0.5, 0.6) is 0 Å². The number of aromatic nitrogens is 4. The third-order valence-electron chi connectivity index (χ3n) is 4.02. The summed E-state index contributed by atoms with van der Waals surface area (Å²) in [5.41, 5.74) is -0.522. The number of imidazole rings is 1. The highest BCUT2D eigenvalue weighted by atomic mass is 32.2. The van der Waals surface area contributed by atoms with Crippen molar-refractivity contribution in [1.82, 2.24) is 19.9 Å². The molecule has 4 aromatic rings. The van der Waals surface area contributed by atoms with E-state index in [1.54, 1.807) is 0 Å². The van der Waals surface area contributed by atoms with Crippen LogP contribution in [0.2, 0.25) is 0 Å². The second kappa shape index (κ2) is 7.48. The van der Waals surface area contributed by atoms with Gasteiger partial charge in [-0.05, 0) is 30.3 Å². The molecule has 0 spiro atoms. The van der Waals surface area contributed by atoms with Crippen molar-refractivity contribution < 1.29 is 22.0 Å². The molecule has 0 radical (unpaired) electrons. The number of carbonyl (C=O) groups is 1. The Morgan fingerprint density at radius 1 is 1.07 bits per heavy atom. The van der Waals surface area contributed by atoms with Gasteiger partial charge in [0, 0.05) is 12.4 Å². The molecule has 3 aromatic heterocycles. The van der Waals surface area contributed by atoms with E-state index in [0.29, 0.717) is 11.2 Å². The van der Waals surface area contributed by atoms with E-state index in [4.69, 9.17) is 0 Å². The van der Waals surface area contributed by atoms with Gasteiger partial charge >= 0.3 is 0 Å². The maximum Gasteiger partial charge on any atom is 0.279 e. The largest absolute Gasteiger partial charge is 0.343 e. The van der Waals surface area contributed by atoms with Crippen molar-refractivity contribution >= 4 is 38.5 Å². The first-order valence-electron chi connectivity index (χ1n) is 8.37. The number of benzene rings is 1. The van der Waals surface area contributed by atoms with Crippen LogP contribution in [0.15, 0.2) is 60.1 Å². The average Bonchev–Trinajstić information content (AvgIpc) is 3.21. The highest BCUT2D eigenvalue weighted by Crippen LogP contribution is 2.28. The predicted molar refractivity (Wildman–Crippen MR) is 103 cm³/mol. The van der Waals surface area contributed by atoms with Gasteiger partial charge in [0.2, 0.25) is 0 Å². The third-order valence-corrected chi connectivity index (χ3v) is 5.30. The molecule has 3 N–H and O–H groups in total. The minimum atomic E-state index is -4.22. The topological polar surface area (TPSA) is 130 Å². The van der Waals surface area contributed by atoms with E-state index >= 15 is 0 Å². The van der Waals surface area contributed by atoms with Gasteiger partial charge in [-0.2, -0.15) is 8.42 Å². The molecule has 0 fully saturated rings. The Morgan fingerprint density at radius 2 is 1.90 bits per heavy atom. The second-order valence-corrected chi connectivity index (χ2v) is 7.64. The quantitative estimate of drug-likeness (QED) is 0.446. The van der Waals surface area contributed by atoms with Gasteiger partial charge in [0.1, 0.15) is 11.5 Å². The van der Waals surface area contributed by atoms with Crippen molar-refractivity contribution in [2.75, 3.05) is 10.0 Å². The molecule has 0 atom stereocenters. The summed E-state index contributed by atoms with van der Waals surface area (Å²) < 4.78 is 55.7. The summed E-state index contributed by atoms with van der Waals surface area (Å²) in [5, 5.41) is 1.76. The zero-order valence-corrected chi connectivity index (χ0v) is 15.7. The van der Waals surface area contributed by atoms with Crippen molar-refractivity contribution in [3.05, 3.63) is 72.3 Å². The number of nitrogens with one attached hydrogen (secondary N) is 3. The standard InChI is InChI=1S/C18H12F2N6O3S/c19-11-4-5-12(26-30(28,29)14-3-1-2-6-21-14)15(20)16(11)25-18(27)10-7-13-17(22-8-10)24-9-23-13/h1-9,26H,(H,25,27)(H,22,23,24). The molecular weight excluding hydrogens is 418 g/mol. The Hall–Kier alpha value is -3.93. The van der Waals surface area contributed by atoms with Gasteiger partial charge in [-0.1, -0.05) is 6.07 Å². The molecule has 0 aliphatic rings. The predicted octanol–water partition coefficient (Wildman–Crippen LogP) is 2.68. The molecule has 1 aromatic carbocycles. The van der Waals surface area contributed by atoms with E-state index in [9.17, 15) is 22.0 Å². The van der Waals surface area contributed by atoms with Gasteiger partial charge < -0.3 is 10.3 Å². The molecule has 0 aliphatic heterocycles. The van der Waals surface area contributed by atoms with Gasteiger partial charge in [0.25, 0.3) is 15.9 Å². The number of hydrogen-bond donors (Lipinski definition) is 3. The number of nitrogens with zero attached hydrogens (tertiary/aromatic N) is 3. The normalized spacial score (nSPS) is 11.4. The van der Waals surface area contributed by atoms with Crippen LogP contribution in [0.1, 0.15) is 10.4 Å². The van der Waals surface area contributed by atoms with Gasteiger partial charge in [-0.15, -0.1) is 0 Å². The Morgan fingerprint density at radius 3 is 2.67 bits per heavy atom. The van der Waals surface area contributed by atoms with Crippen molar-refractivity contribution in [2.45, 2.75) is 5.03 Å². The number of pyridine rings is 2. The number of carbonyl (C=O) groups excluding carboxylic acids is 1. The number of halogens is 2. The minimum Gasteiger partial charge on any atom is -0.343 e. The molecule has 0 saturated heterocycles. The van der Waals surface area contributed by atoms with E-state index in [-0.39, 0.29) is 10.6 Å². The molecule has 0 saturated carbocycles. The van der Waals surface area contributed by atoms with E-state index in [1.165, 1.54) is 43.0 Å². The van der Waals surface area contributed by atoms with E-state index < -0.39 is 38.9 Å². The van der Waals surface area contributed by atoms with Crippen LogP contribution in [0.25, 0.3) is 11.2 Å². The summed E-state index contributed by atoms with van der Waals surface area (Å²) >= 11 is 0. The van der Waals surface area contributed by atoms with Crippen LogP contribution in [-0.4, -0.2) is 34.3 Å². The summed E-state index contributed by atoms with van der Waals surface area (Å²) in [5.74, 6) is -3.22. The average molecular weight is 430 g/mol. The van der Waals surface area contributed by atoms with Gasteiger partial charge in [-0.3, -0.25) is 9.52 Å². The van der Waals surface area contributed by atoms with Crippen LogP contribution >= 0.6 is 0 Å². The van der Waals surface area contributed by atoms with E-state index in [0.717, 1.165) is 12.1 Å². The SMILES string of the molecule is O=C(Nc1c(F)ccc(NS(=O)(=O)c2ccccn2)c1F)c1cnc2nc[nH]c2c1. The lowest BCUT2D eigenvalue weighted by atomic mass is 10.2. The summed E-state index contributed by atoms with van der Waals surface area (Å²) in [6, 6.07) is 7.31. The lowest BCUT2D eigenvalue weighted by Gasteiger charge is -2.13. The van der Waals surface area contributed by atoms with Crippen LogP contribution in [0.4, 0.5) is 20.2 Å². The fourth-order valence-corrected chi connectivity index (χ4v) is 3.60. The van der Waals surface area contributed by atoms with Crippen LogP contribution in [0.3, 0.4) is 0 Å². The highest BCUT2D eigenvalue weighted by Gasteiger charge is 2.22. The Balaban J connectivity index is 1.63. The zero-order valence-electron chi connectivity index (χ0n) is 14.9. The second-order valence-electron chi connectivity index (χ2n) is 6.01. The highest BCUT2D eigenvalue weighted by molar-refractivity contribution is 7.92. The molecule has 0 aliphatic carbocycles. The molecule has 12 heteroatoms. The fraction of sp³-hybridized carbons (Fsp3) is 0. The van der Waals surface area contributed by atoms with Crippen molar-refractivity contribution in [1.29, 1.82) is 0 Å². The molecule has 152 valence electrons. The first kappa shape index (κ1) is 19.4. The van der Waals surface area contributed by atoms with Crippen molar-refractivity contribution in [3.63, 3.8) is 0 Å². The number of amides is 1. The first-order valence-corrected chi connectivity index (χ1v) is 9.86. The number of anilines is 2. The van der Waals surface area contributed by atoms with Crippen LogP contribution < -0.4 is 10.0 Å². The molecule has 1 amide bonds. The van der Waals surface area contributed by atoms with Crippen LogP contribution in [0, 0.1) is 11.6 Å². The van der Waals surface area contributed by atoms with Gasteiger partial charge in [-0.25, -0.2) is 23.7 Å². The summed E-state index contributed by atoms with van der Waals surface area (Å²) in [4.78, 5) is 26.8. The maximum atomic E-state index is 14.8. The maximum absolute atomic E-state index is 14.8. The molecule has 0 bridgehead atoms. The molecular formula is C18H12F2N6O3S. The molecule has 0 unspecified atom stereocenters. The van der Waals surface area contributed by atoms with Crippen LogP contribution in [-0.2, 0) is 10.0 Å². The Bertz CT molecular complexity index is 1360. The van der Waals surface area contributed by atoms with Gasteiger partial charge in [0.05, 0.1) is 23.1 Å². The summed E-state index contributed by atoms with van der Waals surface area (Å²) in [6.07, 6.45) is 3.84. The summed E-state index contributed by atoms with van der Waals surface area (Å²) in [6.45, 7) is 0. The molecule has 3 heterocycles. The number of fused-ring (bicyclic) bond motifs is 1. The number of rotatable bonds is 5. The third kappa shape index (κ3) is 3.67. The monoisotopic (exact) mass is 430 g/mol. The smallest absolute Gasteiger partial charge is 0.279 e. The Labute approximate surface area is 168 Å².